The maximum absolute atomic E-state index is 7.87. The number of rotatable bonds is 1. The van der Waals surface area contributed by atoms with Crippen LogP contribution in [0.5, 0.6) is 0 Å². The molecule has 2 nitrogen and oxygen atoms in total. The zero-order valence-corrected chi connectivity index (χ0v) is 9.25. The highest BCUT2D eigenvalue weighted by Crippen LogP contribution is 2.24. The van der Waals surface area contributed by atoms with E-state index in [0.29, 0.717) is 0 Å². The molecule has 0 fully saturated rings. The highest BCUT2D eigenvalue weighted by molar-refractivity contribution is 7.13. The van der Waals surface area contributed by atoms with Gasteiger partial charge in [-0.15, -0.1) is 11.3 Å². The first-order valence-electron chi connectivity index (χ1n) is 4.96. The number of hydrogen-bond donors (Lipinski definition) is 1. The quantitative estimate of drug-likeness (QED) is 0.677. The van der Waals surface area contributed by atoms with Gasteiger partial charge in [0.25, 0.3) is 0 Å². The highest BCUT2D eigenvalue weighted by Gasteiger charge is 2.05. The van der Waals surface area contributed by atoms with Gasteiger partial charge in [-0.2, -0.15) is 0 Å². The number of hydrogen-bond acceptors (Lipinski definition) is 3. The predicted octanol–water partition coefficient (Wildman–Crippen LogP) is 3.64. The number of thiophene rings is 1. The largest absolute Gasteiger partial charge is 0.438 e. The third-order valence-electron chi connectivity index (χ3n) is 2.46. The number of fused-ring (bicyclic) bond motifs is 1. The topological polar surface area (TPSA) is 37.0 Å². The van der Waals surface area contributed by atoms with Crippen molar-refractivity contribution in [3.05, 3.63) is 53.4 Å². The lowest BCUT2D eigenvalue weighted by atomic mass is 10.1. The van der Waals surface area contributed by atoms with Gasteiger partial charge >= 0.3 is 0 Å². The van der Waals surface area contributed by atoms with Crippen molar-refractivity contribution >= 4 is 22.3 Å². The molecule has 78 valence electrons. The molecule has 0 bridgehead atoms. The van der Waals surface area contributed by atoms with Gasteiger partial charge in [0.2, 0.25) is 5.55 Å². The van der Waals surface area contributed by atoms with Crippen molar-refractivity contribution in [2.45, 2.75) is 0 Å². The van der Waals surface area contributed by atoms with E-state index in [2.05, 4.69) is 0 Å². The van der Waals surface area contributed by atoms with Crippen molar-refractivity contribution in [1.29, 1.82) is 5.41 Å². The molecular formula is C13H9NOS. The van der Waals surface area contributed by atoms with E-state index in [0.717, 1.165) is 21.4 Å². The molecule has 0 amide bonds. The van der Waals surface area contributed by atoms with Crippen LogP contribution in [-0.2, 0) is 0 Å². The Morgan fingerprint density at radius 3 is 2.75 bits per heavy atom. The van der Waals surface area contributed by atoms with E-state index in [-0.39, 0.29) is 5.55 Å². The molecule has 2 heterocycles. The summed E-state index contributed by atoms with van der Waals surface area (Å²) in [6.07, 6.45) is 0. The number of benzene rings is 1. The summed E-state index contributed by atoms with van der Waals surface area (Å²) in [4.78, 5) is 1.07. The molecular weight excluding hydrogens is 218 g/mol. The molecule has 0 saturated heterocycles. The van der Waals surface area contributed by atoms with E-state index in [4.69, 9.17) is 9.83 Å². The third-order valence-corrected chi connectivity index (χ3v) is 3.37. The van der Waals surface area contributed by atoms with Crippen LogP contribution in [0.2, 0.25) is 0 Å². The van der Waals surface area contributed by atoms with Gasteiger partial charge in [0.15, 0.2) is 0 Å². The van der Waals surface area contributed by atoms with Gasteiger partial charge in [0, 0.05) is 10.3 Å². The summed E-state index contributed by atoms with van der Waals surface area (Å²) >= 11 is 1.62. The van der Waals surface area contributed by atoms with Crippen molar-refractivity contribution < 1.29 is 4.42 Å². The molecule has 0 unspecified atom stereocenters. The van der Waals surface area contributed by atoms with Gasteiger partial charge in [-0.25, -0.2) is 0 Å². The summed E-state index contributed by atoms with van der Waals surface area (Å²) in [7, 11) is 0. The molecule has 3 rings (SSSR count). The summed E-state index contributed by atoms with van der Waals surface area (Å²) < 4.78 is 5.49. The Hall–Kier alpha value is -1.87. The van der Waals surface area contributed by atoms with Gasteiger partial charge in [-0.1, -0.05) is 24.3 Å². The molecule has 0 radical (unpaired) electrons. The Balaban J connectivity index is 2.34. The minimum Gasteiger partial charge on any atom is -0.438 e. The van der Waals surface area contributed by atoms with Crippen LogP contribution in [0.4, 0.5) is 0 Å². The van der Waals surface area contributed by atoms with Crippen LogP contribution in [0, 0.1) is 5.41 Å². The van der Waals surface area contributed by atoms with Crippen LogP contribution in [0.3, 0.4) is 0 Å². The van der Waals surface area contributed by atoms with Crippen LogP contribution in [-0.4, -0.2) is 0 Å². The molecule has 0 aliphatic heterocycles. The van der Waals surface area contributed by atoms with Crippen LogP contribution in [0.15, 0.2) is 52.3 Å². The molecule has 0 saturated carbocycles. The Bertz CT molecular complexity index is 682. The normalized spacial score (nSPS) is 10.8. The van der Waals surface area contributed by atoms with Crippen molar-refractivity contribution in [3.63, 3.8) is 0 Å². The average molecular weight is 227 g/mol. The van der Waals surface area contributed by atoms with Crippen LogP contribution < -0.4 is 5.55 Å². The molecule has 0 aliphatic carbocycles. The SMILES string of the molecule is N=c1oc2ccccc2cc1-c1cccs1. The standard InChI is InChI=1S/C13H9NOS/c14-13-10(12-6-3-7-16-12)8-9-4-1-2-5-11(9)15-13/h1-8,14H. The molecule has 0 spiro atoms. The van der Waals surface area contributed by atoms with Crippen LogP contribution in [0.1, 0.15) is 0 Å². The second-order valence-electron chi connectivity index (χ2n) is 3.50. The van der Waals surface area contributed by atoms with Crippen LogP contribution in [0.25, 0.3) is 21.4 Å². The Kier molecular flexibility index (Phi) is 2.11. The first-order chi connectivity index (χ1) is 7.84. The smallest absolute Gasteiger partial charge is 0.220 e. The van der Waals surface area contributed by atoms with Crippen molar-refractivity contribution in [2.75, 3.05) is 0 Å². The van der Waals surface area contributed by atoms with Gasteiger partial charge in [0.1, 0.15) is 5.58 Å². The first-order valence-corrected chi connectivity index (χ1v) is 5.84. The van der Waals surface area contributed by atoms with Gasteiger partial charge in [0.05, 0.1) is 5.56 Å². The highest BCUT2D eigenvalue weighted by atomic mass is 32.1. The lowest BCUT2D eigenvalue weighted by Crippen LogP contribution is -2.01. The maximum Gasteiger partial charge on any atom is 0.220 e. The van der Waals surface area contributed by atoms with E-state index >= 15 is 0 Å². The molecule has 0 atom stereocenters. The summed E-state index contributed by atoms with van der Waals surface area (Å²) in [5, 5.41) is 10.9. The summed E-state index contributed by atoms with van der Waals surface area (Å²) in [5.41, 5.74) is 1.84. The first kappa shape index (κ1) is 9.36. The lowest BCUT2D eigenvalue weighted by molar-refractivity contribution is 0.536. The van der Waals surface area contributed by atoms with Crippen molar-refractivity contribution in [2.24, 2.45) is 0 Å². The fraction of sp³-hybridized carbons (Fsp3) is 0. The Labute approximate surface area is 96.3 Å². The summed E-state index contributed by atoms with van der Waals surface area (Å²) in [6.45, 7) is 0. The fourth-order valence-electron chi connectivity index (χ4n) is 1.69. The number of nitrogens with one attached hydrogen (secondary N) is 1. The minimum atomic E-state index is 0.223. The third kappa shape index (κ3) is 1.46. The molecule has 0 aliphatic rings. The van der Waals surface area contributed by atoms with E-state index in [1.165, 1.54) is 0 Å². The molecule has 2 aromatic heterocycles. The molecule has 3 heteroatoms. The van der Waals surface area contributed by atoms with E-state index in [9.17, 15) is 0 Å². The number of para-hydroxylation sites is 1. The van der Waals surface area contributed by atoms with E-state index in [1.807, 2.05) is 47.8 Å². The van der Waals surface area contributed by atoms with Crippen molar-refractivity contribution in [1.82, 2.24) is 0 Å². The molecule has 1 N–H and O–H groups in total. The van der Waals surface area contributed by atoms with Crippen LogP contribution >= 0.6 is 11.3 Å². The predicted molar refractivity (Wildman–Crippen MR) is 65.4 cm³/mol. The Morgan fingerprint density at radius 1 is 1.06 bits per heavy atom. The average Bonchev–Trinajstić information content (AvgIpc) is 2.81. The molecule has 1 aromatic carbocycles. The minimum absolute atomic E-state index is 0.223. The Morgan fingerprint density at radius 2 is 1.94 bits per heavy atom. The second-order valence-corrected chi connectivity index (χ2v) is 4.45. The molecule has 16 heavy (non-hydrogen) atoms. The van der Waals surface area contributed by atoms with Gasteiger partial charge < -0.3 is 4.42 Å². The zero-order valence-electron chi connectivity index (χ0n) is 8.44. The second kappa shape index (κ2) is 3.61. The monoisotopic (exact) mass is 227 g/mol. The fourth-order valence-corrected chi connectivity index (χ4v) is 2.43. The van der Waals surface area contributed by atoms with Gasteiger partial charge in [-0.05, 0) is 23.6 Å². The zero-order chi connectivity index (χ0) is 11.0. The van der Waals surface area contributed by atoms with Crippen molar-refractivity contribution in [3.8, 4) is 10.4 Å². The summed E-state index contributed by atoms with van der Waals surface area (Å²) in [6, 6.07) is 13.8. The van der Waals surface area contributed by atoms with E-state index < -0.39 is 0 Å². The lowest BCUT2D eigenvalue weighted by Gasteiger charge is -2.00. The van der Waals surface area contributed by atoms with E-state index in [1.54, 1.807) is 11.3 Å². The molecule has 3 aromatic rings. The van der Waals surface area contributed by atoms with Gasteiger partial charge in [-0.3, -0.25) is 5.41 Å². The summed E-state index contributed by atoms with van der Waals surface area (Å²) in [5.74, 6) is 0. The maximum atomic E-state index is 7.87.